The van der Waals surface area contributed by atoms with Crippen LogP contribution in [0.5, 0.6) is 0 Å². The van der Waals surface area contributed by atoms with E-state index in [1.165, 1.54) is 56.8 Å². The Morgan fingerprint density at radius 1 is 0.756 bits per heavy atom. The van der Waals surface area contributed by atoms with E-state index in [9.17, 15) is 9.59 Å². The standard InChI is InChI=1S/C37H36O4/c1-40-35(38)19-32-11-9-31(18-34(32)37-20-25-13-26(21-37)15-27(14-25)22-37)29-7-8-30-17-33(12-10-28(30)16-29)36(39)41-23-24-5-3-2-4-6-24/h2-12,16-18,25-27H,13-15,19-23H2,1H3. The van der Waals surface area contributed by atoms with Crippen LogP contribution in [-0.4, -0.2) is 19.0 Å². The van der Waals surface area contributed by atoms with Crippen LogP contribution in [0.4, 0.5) is 0 Å². The first-order valence-corrected chi connectivity index (χ1v) is 14.9. The van der Waals surface area contributed by atoms with E-state index in [-0.39, 0.29) is 24.0 Å². The predicted octanol–water partition coefficient (Wildman–Crippen LogP) is 8.05. The number of benzene rings is 4. The number of hydrogen-bond donors (Lipinski definition) is 0. The van der Waals surface area contributed by atoms with Gasteiger partial charge in [-0.3, -0.25) is 4.79 Å². The van der Waals surface area contributed by atoms with Gasteiger partial charge in [-0.15, -0.1) is 0 Å². The zero-order valence-corrected chi connectivity index (χ0v) is 23.6. The Hall–Kier alpha value is -3.92. The Bertz CT molecular complexity index is 1580. The average Bonchev–Trinajstić information content (AvgIpc) is 2.99. The molecule has 4 nitrogen and oxygen atoms in total. The lowest BCUT2D eigenvalue weighted by molar-refractivity contribution is -0.139. The third-order valence-corrected chi connectivity index (χ3v) is 9.90. The first kappa shape index (κ1) is 26.0. The molecular weight excluding hydrogens is 508 g/mol. The van der Waals surface area contributed by atoms with Crippen molar-refractivity contribution in [3.8, 4) is 11.1 Å². The molecule has 0 amide bonds. The number of esters is 2. The molecule has 41 heavy (non-hydrogen) atoms. The Balaban J connectivity index is 1.18. The van der Waals surface area contributed by atoms with Crippen LogP contribution in [0.25, 0.3) is 21.9 Å². The normalized spacial score (nSPS) is 24.4. The van der Waals surface area contributed by atoms with Gasteiger partial charge in [0, 0.05) is 0 Å². The summed E-state index contributed by atoms with van der Waals surface area (Å²) in [5.74, 6) is 1.98. The second-order valence-electron chi connectivity index (χ2n) is 12.7. The summed E-state index contributed by atoms with van der Waals surface area (Å²) in [5, 5.41) is 2.09. The molecule has 4 saturated carbocycles. The minimum absolute atomic E-state index is 0.174. The Labute approximate surface area is 241 Å². The van der Waals surface area contributed by atoms with E-state index < -0.39 is 0 Å². The van der Waals surface area contributed by atoms with Gasteiger partial charge in [-0.05, 0) is 118 Å². The molecule has 4 aromatic carbocycles. The number of carbonyl (C=O) groups is 2. The van der Waals surface area contributed by atoms with Crippen LogP contribution in [-0.2, 0) is 32.7 Å². The molecule has 0 N–H and O–H groups in total. The fourth-order valence-corrected chi connectivity index (χ4v) is 8.43. The Morgan fingerprint density at radius 3 is 2.10 bits per heavy atom. The topological polar surface area (TPSA) is 52.6 Å². The largest absolute Gasteiger partial charge is 0.469 e. The van der Waals surface area contributed by atoms with E-state index in [1.807, 2.05) is 48.5 Å². The van der Waals surface area contributed by atoms with Gasteiger partial charge in [-0.25, -0.2) is 4.79 Å². The third-order valence-electron chi connectivity index (χ3n) is 9.90. The lowest BCUT2D eigenvalue weighted by Crippen LogP contribution is -2.49. The van der Waals surface area contributed by atoms with Gasteiger partial charge in [0.2, 0.25) is 0 Å². The highest BCUT2D eigenvalue weighted by atomic mass is 16.5. The smallest absolute Gasteiger partial charge is 0.338 e. The lowest BCUT2D eigenvalue weighted by atomic mass is 9.47. The van der Waals surface area contributed by atoms with Crippen molar-refractivity contribution in [1.82, 2.24) is 0 Å². The summed E-state index contributed by atoms with van der Waals surface area (Å²) in [6.07, 6.45) is 8.23. The highest BCUT2D eigenvalue weighted by molar-refractivity contribution is 5.96. The van der Waals surface area contributed by atoms with Gasteiger partial charge in [0.15, 0.2) is 0 Å². The van der Waals surface area contributed by atoms with Gasteiger partial charge in [0.05, 0.1) is 19.1 Å². The van der Waals surface area contributed by atoms with Gasteiger partial charge in [-0.2, -0.15) is 0 Å². The van der Waals surface area contributed by atoms with Gasteiger partial charge < -0.3 is 9.47 Å². The molecule has 0 aliphatic heterocycles. The molecule has 0 atom stereocenters. The van der Waals surface area contributed by atoms with Crippen LogP contribution in [0.3, 0.4) is 0 Å². The second-order valence-corrected chi connectivity index (χ2v) is 12.7. The molecule has 4 aromatic rings. The zero-order chi connectivity index (χ0) is 28.0. The number of methoxy groups -OCH3 is 1. The van der Waals surface area contributed by atoms with E-state index in [4.69, 9.17) is 9.47 Å². The summed E-state index contributed by atoms with van der Waals surface area (Å²) >= 11 is 0. The Kier molecular flexibility index (Phi) is 6.65. The molecule has 0 heterocycles. The molecule has 0 aromatic heterocycles. The van der Waals surface area contributed by atoms with Crippen LogP contribution in [0.15, 0.2) is 84.9 Å². The van der Waals surface area contributed by atoms with E-state index in [1.54, 1.807) is 0 Å². The van der Waals surface area contributed by atoms with Crippen LogP contribution in [0.1, 0.15) is 65.6 Å². The van der Waals surface area contributed by atoms with E-state index in [2.05, 4.69) is 36.4 Å². The van der Waals surface area contributed by atoms with Crippen molar-refractivity contribution in [3.05, 3.63) is 107 Å². The van der Waals surface area contributed by atoms with Crippen LogP contribution in [0, 0.1) is 17.8 Å². The maximum Gasteiger partial charge on any atom is 0.338 e. The summed E-state index contributed by atoms with van der Waals surface area (Å²) < 4.78 is 10.6. The average molecular weight is 545 g/mol. The molecule has 4 aliphatic rings. The number of hydrogen-bond acceptors (Lipinski definition) is 4. The lowest BCUT2D eigenvalue weighted by Gasteiger charge is -2.57. The number of carbonyl (C=O) groups excluding carboxylic acids is 2. The molecule has 8 rings (SSSR count). The summed E-state index contributed by atoms with van der Waals surface area (Å²) in [6.45, 7) is 0.259. The molecule has 4 fully saturated rings. The maximum absolute atomic E-state index is 12.7. The highest BCUT2D eigenvalue weighted by Gasteiger charge is 2.52. The molecule has 0 saturated heterocycles. The molecule has 4 aliphatic carbocycles. The summed E-state index contributed by atoms with van der Waals surface area (Å²) in [4.78, 5) is 25.1. The molecule has 4 heteroatoms. The fraction of sp³-hybridized carbons (Fsp3) is 0.351. The van der Waals surface area contributed by atoms with Crippen molar-refractivity contribution < 1.29 is 19.1 Å². The summed E-state index contributed by atoms with van der Waals surface area (Å²) in [7, 11) is 1.48. The van der Waals surface area contributed by atoms with Crippen molar-refractivity contribution in [2.24, 2.45) is 17.8 Å². The first-order valence-electron chi connectivity index (χ1n) is 14.9. The molecule has 0 radical (unpaired) electrons. The zero-order valence-electron chi connectivity index (χ0n) is 23.6. The fourth-order valence-electron chi connectivity index (χ4n) is 8.43. The third kappa shape index (κ3) is 5.05. The van der Waals surface area contributed by atoms with Crippen LogP contribution >= 0.6 is 0 Å². The predicted molar refractivity (Wildman–Crippen MR) is 161 cm³/mol. The van der Waals surface area contributed by atoms with Crippen molar-refractivity contribution in [3.63, 3.8) is 0 Å². The van der Waals surface area contributed by atoms with Gasteiger partial charge in [-0.1, -0.05) is 66.7 Å². The number of rotatable bonds is 7. The minimum atomic E-state index is -0.318. The molecule has 0 spiro atoms. The van der Waals surface area contributed by atoms with E-state index in [0.717, 1.165) is 45.2 Å². The van der Waals surface area contributed by atoms with Crippen molar-refractivity contribution in [2.75, 3.05) is 7.11 Å². The molecule has 4 bridgehead atoms. The van der Waals surface area contributed by atoms with Gasteiger partial charge >= 0.3 is 11.9 Å². The molecule has 0 unspecified atom stereocenters. The van der Waals surface area contributed by atoms with Gasteiger partial charge in [0.1, 0.15) is 6.61 Å². The molecular formula is C37H36O4. The minimum Gasteiger partial charge on any atom is -0.469 e. The molecule has 208 valence electrons. The summed E-state index contributed by atoms with van der Waals surface area (Å²) in [6, 6.07) is 28.6. The SMILES string of the molecule is COC(=O)Cc1ccc(-c2ccc3cc(C(=O)OCc4ccccc4)ccc3c2)cc1C12CC3CC(CC(C3)C1)C2. The summed E-state index contributed by atoms with van der Waals surface area (Å²) in [5.41, 5.74) is 6.53. The van der Waals surface area contributed by atoms with Gasteiger partial charge in [0.25, 0.3) is 0 Å². The quantitative estimate of drug-likeness (QED) is 0.221. The van der Waals surface area contributed by atoms with Crippen LogP contribution < -0.4 is 0 Å². The Morgan fingerprint density at radius 2 is 1.39 bits per heavy atom. The second kappa shape index (κ2) is 10.5. The highest BCUT2D eigenvalue weighted by Crippen LogP contribution is 2.61. The van der Waals surface area contributed by atoms with E-state index in [0.29, 0.717) is 12.0 Å². The van der Waals surface area contributed by atoms with Crippen molar-refractivity contribution in [1.29, 1.82) is 0 Å². The number of ether oxygens (including phenoxy) is 2. The van der Waals surface area contributed by atoms with Crippen molar-refractivity contribution >= 4 is 22.7 Å². The van der Waals surface area contributed by atoms with E-state index >= 15 is 0 Å². The number of fused-ring (bicyclic) bond motifs is 1. The van der Waals surface area contributed by atoms with Crippen LogP contribution in [0.2, 0.25) is 0 Å². The first-order chi connectivity index (χ1) is 20.0. The monoisotopic (exact) mass is 544 g/mol. The maximum atomic E-state index is 12.7. The van der Waals surface area contributed by atoms with Crippen molar-refractivity contribution in [2.45, 2.75) is 57.0 Å².